The molecule has 1 aliphatic carbocycles. The lowest BCUT2D eigenvalue weighted by atomic mass is 9.77. The number of nitrogens with one attached hydrogen (secondary N) is 1. The van der Waals surface area contributed by atoms with Crippen LogP contribution in [0, 0.1) is 0 Å². The largest absolute Gasteiger partial charge is 0.313 e. The zero-order valence-corrected chi connectivity index (χ0v) is 13.6. The molecule has 0 heterocycles. The van der Waals surface area contributed by atoms with Crippen molar-refractivity contribution in [1.82, 2.24) is 5.32 Å². The quantitative estimate of drug-likeness (QED) is 0.747. The van der Waals surface area contributed by atoms with Crippen molar-refractivity contribution in [3.8, 4) is 0 Å². The van der Waals surface area contributed by atoms with Crippen LogP contribution in [0.1, 0.15) is 45.6 Å². The molecule has 0 bridgehead atoms. The fourth-order valence-electron chi connectivity index (χ4n) is 3.02. The van der Waals surface area contributed by atoms with Gasteiger partial charge < -0.3 is 5.32 Å². The van der Waals surface area contributed by atoms with Crippen molar-refractivity contribution >= 4 is 35.6 Å². The van der Waals surface area contributed by atoms with Crippen LogP contribution in [0.5, 0.6) is 0 Å². The van der Waals surface area contributed by atoms with Gasteiger partial charge in [-0.25, -0.2) is 0 Å². The molecule has 1 N–H and O–H groups in total. The first-order chi connectivity index (χ1) is 10.8. The molecule has 0 saturated carbocycles. The van der Waals surface area contributed by atoms with E-state index < -0.39 is 6.98 Å². The molecule has 1 nitrogen and oxygen atoms in total. The first-order valence-electron chi connectivity index (χ1n) is 8.16. The van der Waals surface area contributed by atoms with Crippen LogP contribution in [0.15, 0.2) is 42.5 Å². The SMILES string of the molecule is Cl.[2H]C([2H])([2H])N[C@@H]1CC[C@@H](c2ccc(Cl)c(Cl)c2)c2ccccc21. The van der Waals surface area contributed by atoms with Crippen LogP contribution in [0.3, 0.4) is 0 Å². The molecule has 0 amide bonds. The summed E-state index contributed by atoms with van der Waals surface area (Å²) < 4.78 is 22.4. The van der Waals surface area contributed by atoms with Crippen molar-refractivity contribution in [3.63, 3.8) is 0 Å². The van der Waals surface area contributed by atoms with Gasteiger partial charge in [-0.15, -0.1) is 12.4 Å². The lowest BCUT2D eigenvalue weighted by molar-refractivity contribution is 0.471. The predicted molar refractivity (Wildman–Crippen MR) is 93.0 cm³/mol. The molecule has 0 spiro atoms. The number of fused-ring (bicyclic) bond motifs is 1. The summed E-state index contributed by atoms with van der Waals surface area (Å²) in [5, 5.41) is 3.85. The van der Waals surface area contributed by atoms with Gasteiger partial charge in [0.1, 0.15) is 0 Å². The second kappa shape index (κ2) is 7.02. The molecule has 21 heavy (non-hydrogen) atoms. The normalized spacial score (nSPS) is 23.2. The average Bonchev–Trinajstić information content (AvgIpc) is 2.49. The molecule has 0 unspecified atom stereocenters. The molecule has 0 fully saturated rings. The fraction of sp³-hybridized carbons (Fsp3) is 0.294. The van der Waals surface area contributed by atoms with Gasteiger partial charge >= 0.3 is 0 Å². The summed E-state index contributed by atoms with van der Waals surface area (Å²) in [6.45, 7) is -2.14. The van der Waals surface area contributed by atoms with E-state index in [1.54, 1.807) is 0 Å². The summed E-state index contributed by atoms with van der Waals surface area (Å²) in [5.41, 5.74) is 3.31. The van der Waals surface area contributed by atoms with Gasteiger partial charge in [-0.05, 0) is 48.6 Å². The van der Waals surface area contributed by atoms with E-state index in [0.717, 1.165) is 29.5 Å². The Labute approximate surface area is 146 Å². The fourth-order valence-corrected chi connectivity index (χ4v) is 3.32. The Morgan fingerprint density at radius 1 is 1.05 bits per heavy atom. The predicted octanol–water partition coefficient (Wildman–Crippen LogP) is 5.60. The van der Waals surface area contributed by atoms with E-state index in [1.165, 1.54) is 0 Å². The molecule has 4 heteroatoms. The minimum absolute atomic E-state index is 0. The first-order valence-corrected chi connectivity index (χ1v) is 7.42. The number of halogens is 3. The monoisotopic (exact) mass is 344 g/mol. The molecule has 3 rings (SSSR count). The van der Waals surface area contributed by atoms with Crippen molar-refractivity contribution in [3.05, 3.63) is 69.2 Å². The molecule has 0 aromatic heterocycles. The van der Waals surface area contributed by atoms with Crippen LogP contribution < -0.4 is 5.32 Å². The molecule has 0 radical (unpaired) electrons. The van der Waals surface area contributed by atoms with E-state index in [2.05, 4.69) is 11.4 Å². The highest BCUT2D eigenvalue weighted by molar-refractivity contribution is 6.42. The smallest absolute Gasteiger partial charge is 0.0595 e. The second-order valence-corrected chi connectivity index (χ2v) is 5.94. The molecule has 2 aromatic rings. The number of rotatable bonds is 2. The Morgan fingerprint density at radius 2 is 1.81 bits per heavy atom. The van der Waals surface area contributed by atoms with Gasteiger partial charge in [-0.1, -0.05) is 53.5 Å². The van der Waals surface area contributed by atoms with Gasteiger partial charge in [0.05, 0.1) is 10.0 Å². The summed E-state index contributed by atoms with van der Waals surface area (Å²) in [5.74, 6) is 0.204. The van der Waals surface area contributed by atoms with Crippen molar-refractivity contribution in [2.75, 3.05) is 6.98 Å². The van der Waals surface area contributed by atoms with E-state index in [-0.39, 0.29) is 24.4 Å². The van der Waals surface area contributed by atoms with Crippen LogP contribution in [-0.4, -0.2) is 6.98 Å². The molecule has 0 aliphatic heterocycles. The lowest BCUT2D eigenvalue weighted by Gasteiger charge is -2.32. The average molecular weight is 346 g/mol. The van der Waals surface area contributed by atoms with Crippen LogP contribution in [0.2, 0.25) is 10.0 Å². The molecule has 2 atom stereocenters. The van der Waals surface area contributed by atoms with E-state index in [4.69, 9.17) is 27.3 Å². The molecule has 112 valence electrons. The minimum atomic E-state index is -2.14. The van der Waals surface area contributed by atoms with Crippen LogP contribution >= 0.6 is 35.6 Å². The third-order valence-electron chi connectivity index (χ3n) is 4.01. The maximum Gasteiger partial charge on any atom is 0.0595 e. The number of hydrogen-bond acceptors (Lipinski definition) is 1. The molecular formula is C17H18Cl3N. The topological polar surface area (TPSA) is 12.0 Å². The Balaban J connectivity index is 0.00000208. The highest BCUT2D eigenvalue weighted by atomic mass is 35.5. The van der Waals surface area contributed by atoms with Crippen LogP contribution in [-0.2, 0) is 0 Å². The minimum Gasteiger partial charge on any atom is -0.313 e. The number of hydrogen-bond donors (Lipinski definition) is 1. The Kier molecular flexibility index (Phi) is 4.27. The van der Waals surface area contributed by atoms with Gasteiger partial charge in [-0.2, -0.15) is 0 Å². The van der Waals surface area contributed by atoms with E-state index in [9.17, 15) is 0 Å². The Hall–Kier alpha value is -0.730. The molecule has 0 saturated heterocycles. The Morgan fingerprint density at radius 3 is 2.52 bits per heavy atom. The highest BCUT2D eigenvalue weighted by Crippen LogP contribution is 2.42. The van der Waals surface area contributed by atoms with Gasteiger partial charge in [0.2, 0.25) is 0 Å². The summed E-state index contributed by atoms with van der Waals surface area (Å²) in [6.07, 6.45) is 1.63. The summed E-state index contributed by atoms with van der Waals surface area (Å²) >= 11 is 12.2. The van der Waals surface area contributed by atoms with Gasteiger partial charge in [-0.3, -0.25) is 0 Å². The standard InChI is InChI=1S/C17H17Cl2N.ClH/c1-20-17-9-7-12(13-4-2-3-5-14(13)17)11-6-8-15(18)16(19)10-11;/h2-6,8,10,12,17,20H,7,9H2,1H3;1H/t12-,17+;/m0./s1/i1D3;. The second-order valence-electron chi connectivity index (χ2n) is 5.13. The van der Waals surface area contributed by atoms with E-state index in [1.807, 2.05) is 36.4 Å². The van der Waals surface area contributed by atoms with Crippen LogP contribution in [0.4, 0.5) is 0 Å². The Bertz CT molecular complexity index is 718. The van der Waals surface area contributed by atoms with Crippen molar-refractivity contribution in [2.24, 2.45) is 0 Å². The van der Waals surface area contributed by atoms with Gasteiger partial charge in [0.25, 0.3) is 0 Å². The maximum atomic E-state index is 7.47. The lowest BCUT2D eigenvalue weighted by Crippen LogP contribution is -2.24. The van der Waals surface area contributed by atoms with Crippen molar-refractivity contribution in [2.45, 2.75) is 24.8 Å². The maximum absolute atomic E-state index is 7.47. The zero-order chi connectivity index (χ0) is 16.6. The van der Waals surface area contributed by atoms with Crippen molar-refractivity contribution < 1.29 is 4.11 Å². The summed E-state index contributed by atoms with van der Waals surface area (Å²) in [4.78, 5) is 0. The third kappa shape index (κ3) is 3.22. The van der Waals surface area contributed by atoms with E-state index in [0.29, 0.717) is 10.0 Å². The molecular weight excluding hydrogens is 325 g/mol. The van der Waals surface area contributed by atoms with Crippen molar-refractivity contribution in [1.29, 1.82) is 0 Å². The molecule has 1 aliphatic rings. The highest BCUT2D eigenvalue weighted by Gasteiger charge is 2.27. The van der Waals surface area contributed by atoms with Gasteiger partial charge in [0, 0.05) is 16.1 Å². The van der Waals surface area contributed by atoms with E-state index >= 15 is 0 Å². The first kappa shape index (κ1) is 12.8. The zero-order valence-electron chi connectivity index (χ0n) is 14.3. The third-order valence-corrected chi connectivity index (χ3v) is 4.75. The molecule has 2 aromatic carbocycles. The van der Waals surface area contributed by atoms with Crippen LogP contribution in [0.25, 0.3) is 0 Å². The summed E-state index contributed by atoms with van der Waals surface area (Å²) in [6, 6.07) is 13.6. The number of benzene rings is 2. The summed E-state index contributed by atoms with van der Waals surface area (Å²) in [7, 11) is 0. The van der Waals surface area contributed by atoms with Gasteiger partial charge in [0.15, 0.2) is 0 Å².